The van der Waals surface area contributed by atoms with Gasteiger partial charge in [-0.05, 0) is 49.2 Å². The lowest BCUT2D eigenvalue weighted by molar-refractivity contribution is 0.242. The Morgan fingerprint density at radius 2 is 1.32 bits per heavy atom. The quantitative estimate of drug-likeness (QED) is 0.826. The normalized spacial score (nSPS) is 12.4. The van der Waals surface area contributed by atoms with Gasteiger partial charge in [0.2, 0.25) is 0 Å². The molecular weight excluding hydrogens is 236 g/mol. The number of rotatable bonds is 4. The molecule has 2 aromatic rings. The summed E-state index contributed by atoms with van der Waals surface area (Å²) in [5, 5.41) is 0. The summed E-state index contributed by atoms with van der Waals surface area (Å²) in [5.74, 6) is 0.864. The molecule has 0 spiro atoms. The first-order valence-electron chi connectivity index (χ1n) is 6.44. The lowest BCUT2D eigenvalue weighted by Crippen LogP contribution is -2.12. The lowest BCUT2D eigenvalue weighted by atomic mass is 9.99. The highest BCUT2D eigenvalue weighted by Crippen LogP contribution is 2.23. The summed E-state index contributed by atoms with van der Waals surface area (Å²) < 4.78 is 5.61. The minimum absolute atomic E-state index is 0.145. The minimum Gasteiger partial charge on any atom is -0.491 e. The van der Waals surface area contributed by atoms with E-state index in [4.69, 9.17) is 16.2 Å². The van der Waals surface area contributed by atoms with E-state index < -0.39 is 0 Å². The number of nitrogen functional groups attached to an aromatic ring is 1. The predicted octanol–water partition coefficient (Wildman–Crippen LogP) is 3.10. The number of benzene rings is 2. The molecule has 2 rings (SSSR count). The monoisotopic (exact) mass is 256 g/mol. The molecule has 0 radical (unpaired) electrons. The zero-order valence-electron chi connectivity index (χ0n) is 11.3. The molecule has 0 fully saturated rings. The summed E-state index contributed by atoms with van der Waals surface area (Å²) in [6.07, 6.45) is 0.177. The lowest BCUT2D eigenvalue weighted by Gasteiger charge is -2.14. The zero-order chi connectivity index (χ0) is 13.8. The van der Waals surface area contributed by atoms with Crippen molar-refractivity contribution in [3.05, 3.63) is 59.7 Å². The van der Waals surface area contributed by atoms with Gasteiger partial charge in [0.25, 0.3) is 0 Å². The second kappa shape index (κ2) is 5.76. The van der Waals surface area contributed by atoms with Crippen LogP contribution >= 0.6 is 0 Å². The summed E-state index contributed by atoms with van der Waals surface area (Å²) in [6, 6.07) is 15.4. The third kappa shape index (κ3) is 3.48. The Morgan fingerprint density at radius 3 is 1.79 bits per heavy atom. The van der Waals surface area contributed by atoms with Gasteiger partial charge in [-0.1, -0.05) is 24.3 Å². The van der Waals surface area contributed by atoms with Crippen molar-refractivity contribution in [3.63, 3.8) is 0 Å². The summed E-state index contributed by atoms with van der Waals surface area (Å²) in [5.41, 5.74) is 14.8. The summed E-state index contributed by atoms with van der Waals surface area (Å²) >= 11 is 0. The molecule has 2 aromatic carbocycles. The highest BCUT2D eigenvalue weighted by Gasteiger charge is 2.09. The van der Waals surface area contributed by atoms with Crippen LogP contribution in [-0.2, 0) is 0 Å². The highest BCUT2D eigenvalue weighted by atomic mass is 16.5. The topological polar surface area (TPSA) is 61.3 Å². The first-order chi connectivity index (χ1) is 9.06. The molecule has 0 aliphatic rings. The van der Waals surface area contributed by atoms with Crippen LogP contribution in [-0.4, -0.2) is 6.10 Å². The van der Waals surface area contributed by atoms with E-state index in [1.54, 1.807) is 0 Å². The van der Waals surface area contributed by atoms with Gasteiger partial charge in [0, 0.05) is 5.69 Å². The van der Waals surface area contributed by atoms with Crippen LogP contribution < -0.4 is 16.2 Å². The Balaban J connectivity index is 2.15. The van der Waals surface area contributed by atoms with Crippen molar-refractivity contribution in [2.75, 3.05) is 5.73 Å². The van der Waals surface area contributed by atoms with E-state index in [-0.39, 0.29) is 12.1 Å². The Bertz CT molecular complexity index is 517. The van der Waals surface area contributed by atoms with Crippen molar-refractivity contribution >= 4 is 5.69 Å². The van der Waals surface area contributed by atoms with Crippen LogP contribution in [0.25, 0.3) is 0 Å². The molecule has 0 saturated heterocycles. The van der Waals surface area contributed by atoms with E-state index in [9.17, 15) is 0 Å². The molecule has 19 heavy (non-hydrogen) atoms. The Morgan fingerprint density at radius 1 is 0.842 bits per heavy atom. The van der Waals surface area contributed by atoms with E-state index in [0.717, 1.165) is 22.6 Å². The van der Waals surface area contributed by atoms with Gasteiger partial charge in [-0.3, -0.25) is 0 Å². The third-order valence-corrected chi connectivity index (χ3v) is 2.91. The van der Waals surface area contributed by atoms with Crippen molar-refractivity contribution in [1.29, 1.82) is 0 Å². The van der Waals surface area contributed by atoms with Crippen LogP contribution in [0, 0.1) is 0 Å². The fourth-order valence-electron chi connectivity index (χ4n) is 1.92. The second-order valence-electron chi connectivity index (χ2n) is 4.88. The van der Waals surface area contributed by atoms with Crippen LogP contribution in [0.3, 0.4) is 0 Å². The van der Waals surface area contributed by atoms with Gasteiger partial charge in [0.05, 0.1) is 12.1 Å². The molecule has 0 aliphatic carbocycles. The molecule has 1 unspecified atom stereocenters. The number of hydrogen-bond donors (Lipinski definition) is 2. The molecule has 4 N–H and O–H groups in total. The molecular formula is C16H20N2O. The standard InChI is InChI=1S/C16H20N2O/c1-11(2)19-15-9-5-13(6-10-15)16(18)12-3-7-14(17)8-4-12/h3-11,16H,17-18H2,1-2H3. The molecule has 0 aliphatic heterocycles. The van der Waals surface area contributed by atoms with Crippen molar-refractivity contribution in [1.82, 2.24) is 0 Å². The largest absolute Gasteiger partial charge is 0.491 e. The molecule has 100 valence electrons. The molecule has 0 amide bonds. The molecule has 0 saturated carbocycles. The van der Waals surface area contributed by atoms with Crippen molar-refractivity contribution in [2.45, 2.75) is 26.0 Å². The van der Waals surface area contributed by atoms with Gasteiger partial charge in [0.1, 0.15) is 5.75 Å². The van der Waals surface area contributed by atoms with Gasteiger partial charge in [0.15, 0.2) is 0 Å². The fourth-order valence-corrected chi connectivity index (χ4v) is 1.92. The first-order valence-corrected chi connectivity index (χ1v) is 6.44. The maximum Gasteiger partial charge on any atom is 0.119 e. The van der Waals surface area contributed by atoms with Crippen molar-refractivity contribution < 1.29 is 4.74 Å². The van der Waals surface area contributed by atoms with Gasteiger partial charge in [-0.25, -0.2) is 0 Å². The van der Waals surface area contributed by atoms with Crippen LogP contribution in [0.1, 0.15) is 31.0 Å². The van der Waals surface area contributed by atoms with Crippen LogP contribution in [0.15, 0.2) is 48.5 Å². The average Bonchev–Trinajstić information content (AvgIpc) is 2.39. The molecule has 1 atom stereocenters. The average molecular weight is 256 g/mol. The van der Waals surface area contributed by atoms with E-state index >= 15 is 0 Å². The predicted molar refractivity (Wildman–Crippen MR) is 79.1 cm³/mol. The van der Waals surface area contributed by atoms with E-state index in [2.05, 4.69) is 0 Å². The summed E-state index contributed by atoms with van der Waals surface area (Å²) in [7, 11) is 0. The Kier molecular flexibility index (Phi) is 4.07. The SMILES string of the molecule is CC(C)Oc1ccc(C(N)c2ccc(N)cc2)cc1. The third-order valence-electron chi connectivity index (χ3n) is 2.91. The summed E-state index contributed by atoms with van der Waals surface area (Å²) in [6.45, 7) is 4.02. The Hall–Kier alpha value is -2.00. The maximum atomic E-state index is 6.24. The maximum absolute atomic E-state index is 6.24. The van der Waals surface area contributed by atoms with Crippen LogP contribution in [0.4, 0.5) is 5.69 Å². The zero-order valence-corrected chi connectivity index (χ0v) is 11.3. The van der Waals surface area contributed by atoms with Gasteiger partial charge in [-0.2, -0.15) is 0 Å². The number of anilines is 1. The van der Waals surface area contributed by atoms with Gasteiger partial charge in [-0.15, -0.1) is 0 Å². The van der Waals surface area contributed by atoms with Crippen LogP contribution in [0.5, 0.6) is 5.75 Å². The van der Waals surface area contributed by atoms with Gasteiger partial charge < -0.3 is 16.2 Å². The molecule has 0 heterocycles. The number of ether oxygens (including phenoxy) is 1. The second-order valence-corrected chi connectivity index (χ2v) is 4.88. The van der Waals surface area contributed by atoms with E-state index in [1.807, 2.05) is 62.4 Å². The fraction of sp³-hybridized carbons (Fsp3) is 0.250. The summed E-state index contributed by atoms with van der Waals surface area (Å²) in [4.78, 5) is 0. The molecule has 0 bridgehead atoms. The van der Waals surface area contributed by atoms with Crippen molar-refractivity contribution in [2.24, 2.45) is 5.73 Å². The molecule has 0 aromatic heterocycles. The minimum atomic E-state index is -0.145. The smallest absolute Gasteiger partial charge is 0.119 e. The van der Waals surface area contributed by atoms with Gasteiger partial charge >= 0.3 is 0 Å². The van der Waals surface area contributed by atoms with Crippen LogP contribution in [0.2, 0.25) is 0 Å². The molecule has 3 nitrogen and oxygen atoms in total. The number of hydrogen-bond acceptors (Lipinski definition) is 3. The van der Waals surface area contributed by atoms with Crippen molar-refractivity contribution in [3.8, 4) is 5.75 Å². The first kappa shape index (κ1) is 13.4. The van der Waals surface area contributed by atoms with E-state index in [1.165, 1.54) is 0 Å². The molecule has 3 heteroatoms. The Labute approximate surface area is 114 Å². The highest BCUT2D eigenvalue weighted by molar-refractivity contribution is 5.42. The van der Waals surface area contributed by atoms with E-state index in [0.29, 0.717) is 0 Å². The number of nitrogens with two attached hydrogens (primary N) is 2.